The summed E-state index contributed by atoms with van der Waals surface area (Å²) in [5.41, 5.74) is 1.22. The van der Waals surface area contributed by atoms with Gasteiger partial charge in [-0.15, -0.1) is 5.10 Å². The number of hydrogen-bond acceptors (Lipinski definition) is 4. The van der Waals surface area contributed by atoms with Crippen LogP contribution in [0, 0.1) is 5.41 Å². The van der Waals surface area contributed by atoms with Gasteiger partial charge in [0.05, 0.1) is 30.7 Å². The number of rotatable bonds is 4. The van der Waals surface area contributed by atoms with E-state index in [1.165, 1.54) is 0 Å². The summed E-state index contributed by atoms with van der Waals surface area (Å²) in [5, 5.41) is 17.2. The zero-order valence-corrected chi connectivity index (χ0v) is 13.4. The summed E-state index contributed by atoms with van der Waals surface area (Å²) in [6, 6.07) is 6.91. The largest absolute Gasteiger partial charge is 0.394 e. The molecule has 0 unspecified atom stereocenters. The van der Waals surface area contributed by atoms with E-state index in [2.05, 4.69) is 10.3 Å². The fourth-order valence-corrected chi connectivity index (χ4v) is 2.43. The van der Waals surface area contributed by atoms with Crippen molar-refractivity contribution in [3.05, 3.63) is 42.2 Å². The number of hydrogen-bond donors (Lipinski definition) is 1. The maximum atomic E-state index is 12.6. The molecule has 2 rings (SSSR count). The van der Waals surface area contributed by atoms with Gasteiger partial charge >= 0.3 is 0 Å². The van der Waals surface area contributed by atoms with Gasteiger partial charge in [-0.1, -0.05) is 26.0 Å². The Hall–Kier alpha value is -2.21. The molecule has 0 aliphatic carbocycles. The van der Waals surface area contributed by atoms with Crippen molar-refractivity contribution in [3.63, 3.8) is 0 Å². The third-order valence-corrected chi connectivity index (χ3v) is 3.76. The van der Waals surface area contributed by atoms with E-state index in [1.54, 1.807) is 41.2 Å². The molecule has 1 N–H and O–H groups in total. The van der Waals surface area contributed by atoms with Gasteiger partial charge in [0.2, 0.25) is 0 Å². The Kier molecular flexibility index (Phi) is 4.61. The molecular weight excluding hydrogens is 280 g/mol. The predicted molar refractivity (Wildman–Crippen MR) is 83.8 cm³/mol. The Balaban J connectivity index is 2.19. The molecule has 1 amide bonds. The van der Waals surface area contributed by atoms with Crippen LogP contribution < -0.4 is 0 Å². The molecule has 1 aromatic heterocycles. The number of aliphatic hydroxyl groups excluding tert-OH is 1. The summed E-state index contributed by atoms with van der Waals surface area (Å²) in [5.74, 6) is -0.112. The van der Waals surface area contributed by atoms with E-state index in [4.69, 9.17) is 0 Å². The van der Waals surface area contributed by atoms with Crippen molar-refractivity contribution >= 4 is 5.91 Å². The zero-order valence-electron chi connectivity index (χ0n) is 13.4. The van der Waals surface area contributed by atoms with E-state index in [1.807, 2.05) is 32.9 Å². The first-order valence-electron chi connectivity index (χ1n) is 7.19. The maximum absolute atomic E-state index is 12.6. The molecule has 6 heteroatoms. The highest BCUT2D eigenvalue weighted by Crippen LogP contribution is 2.24. The highest BCUT2D eigenvalue weighted by molar-refractivity contribution is 5.94. The van der Waals surface area contributed by atoms with Crippen LogP contribution in [-0.4, -0.2) is 50.6 Å². The van der Waals surface area contributed by atoms with Crippen molar-refractivity contribution < 1.29 is 9.90 Å². The van der Waals surface area contributed by atoms with Crippen molar-refractivity contribution in [2.24, 2.45) is 5.41 Å². The lowest BCUT2D eigenvalue weighted by molar-refractivity contribution is 0.0434. The van der Waals surface area contributed by atoms with Gasteiger partial charge in [0.1, 0.15) is 0 Å². The Morgan fingerprint density at radius 3 is 2.41 bits per heavy atom. The molecule has 0 aliphatic rings. The average molecular weight is 302 g/mol. The number of carbonyl (C=O) groups excluding carboxylic acids is 1. The van der Waals surface area contributed by atoms with Crippen LogP contribution in [0.15, 0.2) is 36.7 Å². The van der Waals surface area contributed by atoms with Crippen LogP contribution in [0.1, 0.15) is 31.1 Å². The number of likely N-dealkylation sites (N-methyl/N-ethyl adjacent to an activating group) is 1. The van der Waals surface area contributed by atoms with E-state index in [-0.39, 0.29) is 24.0 Å². The van der Waals surface area contributed by atoms with Crippen LogP contribution in [-0.2, 0) is 0 Å². The number of carbonyl (C=O) groups is 1. The van der Waals surface area contributed by atoms with E-state index in [0.29, 0.717) is 5.56 Å². The second-order valence-electron chi connectivity index (χ2n) is 6.37. The Labute approximate surface area is 130 Å². The fourth-order valence-electron chi connectivity index (χ4n) is 2.43. The highest BCUT2D eigenvalue weighted by Gasteiger charge is 2.30. The van der Waals surface area contributed by atoms with Gasteiger partial charge in [-0.3, -0.25) is 4.79 Å². The molecule has 0 saturated heterocycles. The van der Waals surface area contributed by atoms with Crippen LogP contribution in [0.3, 0.4) is 0 Å². The Morgan fingerprint density at radius 2 is 1.95 bits per heavy atom. The molecule has 0 radical (unpaired) electrons. The third kappa shape index (κ3) is 3.33. The molecule has 1 heterocycles. The van der Waals surface area contributed by atoms with Gasteiger partial charge in [-0.05, 0) is 29.7 Å². The van der Waals surface area contributed by atoms with Gasteiger partial charge in [0, 0.05) is 12.6 Å². The lowest BCUT2D eigenvalue weighted by Gasteiger charge is -2.36. The second-order valence-corrected chi connectivity index (χ2v) is 6.37. The van der Waals surface area contributed by atoms with Gasteiger partial charge in [-0.2, -0.15) is 0 Å². The molecule has 0 saturated carbocycles. The molecular formula is C16H22N4O2. The van der Waals surface area contributed by atoms with Crippen LogP contribution in [0.25, 0.3) is 5.69 Å². The summed E-state index contributed by atoms with van der Waals surface area (Å²) in [7, 11) is 1.72. The van der Waals surface area contributed by atoms with Crippen molar-refractivity contribution in [3.8, 4) is 5.69 Å². The van der Waals surface area contributed by atoms with Crippen molar-refractivity contribution in [1.29, 1.82) is 0 Å². The van der Waals surface area contributed by atoms with Crippen LogP contribution in [0.5, 0.6) is 0 Å². The van der Waals surface area contributed by atoms with Gasteiger partial charge in [0.15, 0.2) is 0 Å². The van der Waals surface area contributed by atoms with Gasteiger partial charge in [0.25, 0.3) is 5.91 Å². The summed E-state index contributed by atoms with van der Waals surface area (Å²) < 4.78 is 1.63. The van der Waals surface area contributed by atoms with E-state index in [0.717, 1.165) is 5.69 Å². The lowest BCUT2D eigenvalue weighted by Crippen LogP contribution is -2.47. The molecule has 0 spiro atoms. The van der Waals surface area contributed by atoms with Gasteiger partial charge in [-0.25, -0.2) is 4.68 Å². The molecule has 2 aromatic rings. The van der Waals surface area contributed by atoms with Crippen molar-refractivity contribution in [2.45, 2.75) is 26.8 Å². The molecule has 1 atom stereocenters. The Morgan fingerprint density at radius 1 is 1.32 bits per heavy atom. The first-order chi connectivity index (χ1) is 10.3. The lowest BCUT2D eigenvalue weighted by atomic mass is 9.86. The Bertz CT molecular complexity index is 615. The standard InChI is InChI=1S/C16H22N4O2/c1-16(2,3)14(11-21)19(4)15(22)12-5-7-13(8-6-12)20-10-9-17-18-20/h5-10,14,21H,11H2,1-4H3/t14-/m1/s1. The van der Waals surface area contributed by atoms with Crippen LogP contribution in [0.4, 0.5) is 0 Å². The number of benzene rings is 1. The SMILES string of the molecule is CN(C(=O)c1ccc(-n2ccnn2)cc1)[C@H](CO)C(C)(C)C. The number of amides is 1. The van der Waals surface area contributed by atoms with E-state index >= 15 is 0 Å². The number of aromatic nitrogens is 3. The predicted octanol–water partition coefficient (Wildman–Crippen LogP) is 1.75. The minimum Gasteiger partial charge on any atom is -0.394 e. The van der Waals surface area contributed by atoms with Gasteiger partial charge < -0.3 is 10.0 Å². The first-order valence-corrected chi connectivity index (χ1v) is 7.19. The third-order valence-electron chi connectivity index (χ3n) is 3.76. The molecule has 1 aromatic carbocycles. The molecule has 0 bridgehead atoms. The minimum absolute atomic E-state index is 0.0667. The normalized spacial score (nSPS) is 13.0. The molecule has 0 fully saturated rings. The monoisotopic (exact) mass is 302 g/mol. The zero-order chi connectivity index (χ0) is 16.3. The minimum atomic E-state index is -0.241. The number of aliphatic hydroxyl groups is 1. The summed E-state index contributed by atoms with van der Waals surface area (Å²) in [4.78, 5) is 14.2. The van der Waals surface area contributed by atoms with Crippen LogP contribution in [0.2, 0.25) is 0 Å². The smallest absolute Gasteiger partial charge is 0.253 e. The first kappa shape index (κ1) is 16.2. The molecule has 118 valence electrons. The number of nitrogens with zero attached hydrogens (tertiary/aromatic N) is 4. The average Bonchev–Trinajstić information content (AvgIpc) is 3.00. The summed E-state index contributed by atoms with van der Waals surface area (Å²) >= 11 is 0. The molecule has 22 heavy (non-hydrogen) atoms. The molecule has 0 aliphatic heterocycles. The van der Waals surface area contributed by atoms with E-state index in [9.17, 15) is 9.90 Å². The molecule has 6 nitrogen and oxygen atoms in total. The maximum Gasteiger partial charge on any atom is 0.253 e. The van der Waals surface area contributed by atoms with E-state index < -0.39 is 0 Å². The summed E-state index contributed by atoms with van der Waals surface area (Å²) in [6.45, 7) is 5.95. The highest BCUT2D eigenvalue weighted by atomic mass is 16.3. The second kappa shape index (κ2) is 6.27. The topological polar surface area (TPSA) is 71.2 Å². The van der Waals surface area contributed by atoms with Crippen LogP contribution >= 0.6 is 0 Å². The fraction of sp³-hybridized carbons (Fsp3) is 0.438. The van der Waals surface area contributed by atoms with Crippen molar-refractivity contribution in [2.75, 3.05) is 13.7 Å². The quantitative estimate of drug-likeness (QED) is 0.934. The summed E-state index contributed by atoms with van der Waals surface area (Å²) in [6.07, 6.45) is 3.34. The van der Waals surface area contributed by atoms with Crippen molar-refractivity contribution in [1.82, 2.24) is 19.9 Å².